The molecule has 0 unspecified atom stereocenters. The van der Waals surface area contributed by atoms with E-state index in [1.807, 2.05) is 18.2 Å². The van der Waals surface area contributed by atoms with Crippen molar-refractivity contribution in [1.82, 2.24) is 24.6 Å². The van der Waals surface area contributed by atoms with Crippen LogP contribution in [0.3, 0.4) is 0 Å². The van der Waals surface area contributed by atoms with Crippen LogP contribution in [-0.4, -0.2) is 35.6 Å². The van der Waals surface area contributed by atoms with Crippen molar-refractivity contribution < 1.29 is 9.90 Å². The number of H-pyrrole nitrogens is 1. The Bertz CT molecular complexity index is 1320. The summed E-state index contributed by atoms with van der Waals surface area (Å²) in [6, 6.07) is 9.68. The first-order chi connectivity index (χ1) is 14.6. The topological polar surface area (TPSA) is 146 Å². The van der Waals surface area contributed by atoms with Crippen molar-refractivity contribution in [2.24, 2.45) is 5.92 Å². The molecule has 5 rings (SSSR count). The van der Waals surface area contributed by atoms with Gasteiger partial charge < -0.3 is 15.8 Å². The molecular formula is C21H19N7O2. The molecule has 1 fully saturated rings. The molecule has 9 nitrogen and oxygen atoms in total. The highest BCUT2D eigenvalue weighted by Gasteiger charge is 2.31. The fourth-order valence-electron chi connectivity index (χ4n) is 4.40. The number of nitriles is 1. The predicted molar refractivity (Wildman–Crippen MR) is 110 cm³/mol. The zero-order valence-corrected chi connectivity index (χ0v) is 16.0. The van der Waals surface area contributed by atoms with Gasteiger partial charge in [-0.05, 0) is 37.8 Å². The third-order valence-electron chi connectivity index (χ3n) is 5.96. The molecule has 1 aliphatic rings. The highest BCUT2D eigenvalue weighted by atomic mass is 16.4. The summed E-state index contributed by atoms with van der Waals surface area (Å²) in [5.41, 5.74) is 9.46. The molecule has 4 N–H and O–H groups in total. The second-order valence-corrected chi connectivity index (χ2v) is 7.68. The first-order valence-electron chi connectivity index (χ1n) is 9.81. The Morgan fingerprint density at radius 3 is 2.83 bits per heavy atom. The van der Waals surface area contributed by atoms with Gasteiger partial charge in [0.25, 0.3) is 0 Å². The van der Waals surface area contributed by atoms with Gasteiger partial charge in [0.15, 0.2) is 5.82 Å². The number of nitrogen functional groups attached to an aromatic ring is 1. The molecule has 30 heavy (non-hydrogen) atoms. The number of anilines is 1. The average Bonchev–Trinajstić information content (AvgIpc) is 3.36. The molecule has 0 atom stereocenters. The van der Waals surface area contributed by atoms with Crippen LogP contribution in [0.2, 0.25) is 0 Å². The highest BCUT2D eigenvalue weighted by Crippen LogP contribution is 2.38. The molecule has 150 valence electrons. The van der Waals surface area contributed by atoms with Crippen LogP contribution in [0.25, 0.3) is 27.8 Å². The molecule has 0 radical (unpaired) electrons. The summed E-state index contributed by atoms with van der Waals surface area (Å²) in [5.74, 6) is 0.134. The summed E-state index contributed by atoms with van der Waals surface area (Å²) in [7, 11) is 0. The molecule has 0 bridgehead atoms. The lowest BCUT2D eigenvalue weighted by atomic mass is 9.82. The Hall–Kier alpha value is -3.93. The first kappa shape index (κ1) is 18.1. The maximum Gasteiger partial charge on any atom is 0.306 e. The van der Waals surface area contributed by atoms with E-state index in [1.54, 1.807) is 10.6 Å². The van der Waals surface area contributed by atoms with Crippen molar-refractivity contribution in [2.75, 3.05) is 5.73 Å². The fourth-order valence-corrected chi connectivity index (χ4v) is 4.40. The number of hydrogen-bond acceptors (Lipinski definition) is 6. The first-order valence-corrected chi connectivity index (χ1v) is 9.81. The average molecular weight is 401 g/mol. The fraction of sp³-hybridized carbons (Fsp3) is 0.286. The van der Waals surface area contributed by atoms with E-state index in [-0.39, 0.29) is 11.8 Å². The van der Waals surface area contributed by atoms with Gasteiger partial charge in [0.2, 0.25) is 0 Å². The van der Waals surface area contributed by atoms with Gasteiger partial charge >= 0.3 is 5.97 Å². The number of nitrogens with one attached hydrogen (secondary N) is 1. The number of aliphatic carboxylic acids is 1. The largest absolute Gasteiger partial charge is 0.481 e. The number of carboxylic acid groups (broad SMARTS) is 1. The van der Waals surface area contributed by atoms with Crippen molar-refractivity contribution >= 4 is 28.2 Å². The van der Waals surface area contributed by atoms with Crippen molar-refractivity contribution in [3.8, 4) is 17.5 Å². The van der Waals surface area contributed by atoms with Crippen molar-refractivity contribution in [1.29, 1.82) is 5.26 Å². The van der Waals surface area contributed by atoms with Crippen LogP contribution in [0.15, 0.2) is 30.6 Å². The quantitative estimate of drug-likeness (QED) is 0.478. The molecule has 3 aromatic heterocycles. The second kappa shape index (κ2) is 6.84. The number of imidazole rings is 1. The van der Waals surface area contributed by atoms with E-state index in [0.29, 0.717) is 35.4 Å². The SMILES string of the molecule is N#Cc1cccc2cc(-c3nc(C4CCC(C(=O)O)CC4)n4ncnc(N)c34)[nH]c12. The van der Waals surface area contributed by atoms with Crippen molar-refractivity contribution in [3.05, 3.63) is 42.0 Å². The molecule has 1 aromatic carbocycles. The van der Waals surface area contributed by atoms with Gasteiger partial charge in [0, 0.05) is 11.3 Å². The second-order valence-electron chi connectivity index (χ2n) is 7.68. The zero-order valence-electron chi connectivity index (χ0n) is 16.0. The summed E-state index contributed by atoms with van der Waals surface area (Å²) < 4.78 is 1.72. The summed E-state index contributed by atoms with van der Waals surface area (Å²) >= 11 is 0. The van der Waals surface area contributed by atoms with Crippen LogP contribution in [0.1, 0.15) is 43.0 Å². The standard InChI is InChI=1S/C21H19N7O2/c22-9-14-3-1-2-13-8-15(26-16(13)14)17-18-19(23)24-10-25-28(18)20(27-17)11-4-6-12(7-5-11)21(29)30/h1-3,8,10-12,26H,4-7H2,(H,29,30)(H2,23,24,25). The Morgan fingerprint density at radius 2 is 2.10 bits per heavy atom. The number of fused-ring (bicyclic) bond motifs is 2. The number of aromatic amines is 1. The maximum atomic E-state index is 11.3. The van der Waals surface area contributed by atoms with Gasteiger partial charge in [-0.3, -0.25) is 4.79 Å². The normalized spacial score (nSPS) is 19.2. The lowest BCUT2D eigenvalue weighted by molar-refractivity contribution is -0.142. The number of benzene rings is 1. The molecule has 0 saturated heterocycles. The Morgan fingerprint density at radius 1 is 1.30 bits per heavy atom. The number of aromatic nitrogens is 5. The molecule has 1 saturated carbocycles. The summed E-state index contributed by atoms with van der Waals surface area (Å²) in [4.78, 5) is 23.6. The van der Waals surface area contributed by atoms with Gasteiger partial charge in [-0.1, -0.05) is 12.1 Å². The third-order valence-corrected chi connectivity index (χ3v) is 5.96. The summed E-state index contributed by atoms with van der Waals surface area (Å²) in [6.07, 6.45) is 4.08. The molecule has 4 aromatic rings. The van der Waals surface area contributed by atoms with Crippen molar-refractivity contribution in [2.45, 2.75) is 31.6 Å². The van der Waals surface area contributed by atoms with Gasteiger partial charge in [0.05, 0.1) is 22.7 Å². The molecule has 0 spiro atoms. The van der Waals surface area contributed by atoms with E-state index < -0.39 is 5.97 Å². The van der Waals surface area contributed by atoms with Crippen LogP contribution in [0.4, 0.5) is 5.82 Å². The number of para-hydroxylation sites is 1. The van der Waals surface area contributed by atoms with Crippen LogP contribution in [0.5, 0.6) is 0 Å². The van der Waals surface area contributed by atoms with E-state index in [2.05, 4.69) is 21.1 Å². The summed E-state index contributed by atoms with van der Waals surface area (Å²) in [6.45, 7) is 0. The lowest BCUT2D eigenvalue weighted by Crippen LogP contribution is -2.21. The van der Waals surface area contributed by atoms with E-state index in [0.717, 1.165) is 35.3 Å². The van der Waals surface area contributed by atoms with E-state index >= 15 is 0 Å². The van der Waals surface area contributed by atoms with Gasteiger partial charge in [-0.15, -0.1) is 0 Å². The molecule has 0 amide bonds. The molecular weight excluding hydrogens is 382 g/mol. The Balaban J connectivity index is 1.64. The maximum absolute atomic E-state index is 11.3. The zero-order chi connectivity index (χ0) is 20.8. The van der Waals surface area contributed by atoms with E-state index in [4.69, 9.17) is 10.7 Å². The number of carbonyl (C=O) groups is 1. The number of rotatable bonds is 3. The Kier molecular flexibility index (Phi) is 4.13. The number of carboxylic acids is 1. The molecule has 9 heteroatoms. The minimum Gasteiger partial charge on any atom is -0.481 e. The molecule has 1 aliphatic carbocycles. The van der Waals surface area contributed by atoms with Gasteiger partial charge in [-0.2, -0.15) is 10.4 Å². The number of nitrogens with two attached hydrogens (primary N) is 1. The van der Waals surface area contributed by atoms with Gasteiger partial charge in [-0.25, -0.2) is 14.5 Å². The molecule has 3 heterocycles. The minimum absolute atomic E-state index is 0.0928. The number of nitrogens with zero attached hydrogens (tertiary/aromatic N) is 5. The van der Waals surface area contributed by atoms with Crippen molar-refractivity contribution in [3.63, 3.8) is 0 Å². The van der Waals surface area contributed by atoms with Gasteiger partial charge in [0.1, 0.15) is 29.4 Å². The van der Waals surface area contributed by atoms with Crippen LogP contribution >= 0.6 is 0 Å². The predicted octanol–water partition coefficient (Wildman–Crippen LogP) is 3.08. The Labute approximate surface area is 171 Å². The van der Waals surface area contributed by atoms with E-state index in [1.165, 1.54) is 6.33 Å². The third kappa shape index (κ3) is 2.76. The van der Waals surface area contributed by atoms with Crippen LogP contribution in [-0.2, 0) is 4.79 Å². The van der Waals surface area contributed by atoms with Crippen LogP contribution in [0, 0.1) is 17.2 Å². The number of hydrogen-bond donors (Lipinski definition) is 3. The highest BCUT2D eigenvalue weighted by molar-refractivity contribution is 5.93. The monoisotopic (exact) mass is 401 g/mol. The van der Waals surface area contributed by atoms with Crippen LogP contribution < -0.4 is 5.73 Å². The van der Waals surface area contributed by atoms with E-state index in [9.17, 15) is 15.2 Å². The minimum atomic E-state index is -0.736. The smallest absolute Gasteiger partial charge is 0.306 e. The lowest BCUT2D eigenvalue weighted by Gasteiger charge is -2.24. The molecule has 0 aliphatic heterocycles. The summed E-state index contributed by atoms with van der Waals surface area (Å²) in [5, 5.41) is 24.0.